The van der Waals surface area contributed by atoms with Gasteiger partial charge in [0.15, 0.2) is 5.82 Å². The molecule has 280 valence electrons. The summed E-state index contributed by atoms with van der Waals surface area (Å²) in [5.74, 6) is -1.18. The summed E-state index contributed by atoms with van der Waals surface area (Å²) in [6.07, 6.45) is 0. The summed E-state index contributed by atoms with van der Waals surface area (Å²) in [6, 6.07) is 70.0. The molecule has 2 nitrogen and oxygen atoms in total. The molecular weight excluding hydrogens is 747 g/mol. The lowest BCUT2D eigenvalue weighted by molar-refractivity contribution is 0.590. The lowest BCUT2D eigenvalue weighted by Crippen LogP contribution is -2.09. The second-order valence-corrected chi connectivity index (χ2v) is 15.9. The minimum atomic E-state index is -0.590. The number of rotatable bonds is 7. The summed E-state index contributed by atoms with van der Waals surface area (Å²) in [7, 11) is 0. The highest BCUT2D eigenvalue weighted by molar-refractivity contribution is 7.26. The first-order chi connectivity index (χ1) is 29.1. The number of aromatic nitrogens is 1. The van der Waals surface area contributed by atoms with Gasteiger partial charge in [0.05, 0.1) is 11.0 Å². The van der Waals surface area contributed by atoms with Crippen molar-refractivity contribution in [2.45, 2.75) is 0 Å². The zero-order chi connectivity index (χ0) is 39.5. The molecule has 0 spiro atoms. The molecule has 0 radical (unpaired) electrons. The second-order valence-electron chi connectivity index (χ2n) is 14.8. The Kier molecular flexibility index (Phi) is 8.42. The van der Waals surface area contributed by atoms with Crippen molar-refractivity contribution >= 4 is 70.4 Å². The van der Waals surface area contributed by atoms with Crippen LogP contribution in [0.3, 0.4) is 0 Å². The number of anilines is 3. The first kappa shape index (κ1) is 34.9. The minimum Gasteiger partial charge on any atom is -0.311 e. The fourth-order valence-electron chi connectivity index (χ4n) is 8.56. The molecule has 0 atom stereocenters. The van der Waals surface area contributed by atoms with Gasteiger partial charge in [-0.05, 0) is 100 Å². The van der Waals surface area contributed by atoms with E-state index in [1.165, 1.54) is 42.9 Å². The third kappa shape index (κ3) is 6.06. The molecule has 59 heavy (non-hydrogen) atoms. The van der Waals surface area contributed by atoms with Crippen LogP contribution in [-0.2, 0) is 0 Å². The molecule has 0 amide bonds. The van der Waals surface area contributed by atoms with Crippen LogP contribution in [0.4, 0.5) is 25.8 Å². The summed E-state index contributed by atoms with van der Waals surface area (Å²) in [4.78, 5) is 2.29. The fourth-order valence-corrected chi connectivity index (χ4v) is 9.79. The third-order valence-corrected chi connectivity index (χ3v) is 12.5. The van der Waals surface area contributed by atoms with Crippen LogP contribution in [0.2, 0.25) is 0 Å². The van der Waals surface area contributed by atoms with Crippen LogP contribution >= 0.6 is 11.3 Å². The van der Waals surface area contributed by atoms with Crippen molar-refractivity contribution in [1.29, 1.82) is 0 Å². The topological polar surface area (TPSA) is 8.17 Å². The highest BCUT2D eigenvalue weighted by Crippen LogP contribution is 2.42. The van der Waals surface area contributed by atoms with Gasteiger partial charge in [0.2, 0.25) is 0 Å². The molecule has 5 heteroatoms. The fraction of sp³-hybridized carbons (Fsp3) is 0. The van der Waals surface area contributed by atoms with Crippen molar-refractivity contribution in [3.8, 4) is 39.1 Å². The number of thiophene rings is 1. The SMILES string of the molecule is Fc1cc(F)c2c(c1)c1ccccc1n2-c1cccc(-c2ccc(N(c3ccc(-c4ccccc4)cc3)c3ccc(-c4cccc5c4sc4ccccc45)cc3)cc2)c1. The van der Waals surface area contributed by atoms with Gasteiger partial charge in [-0.3, -0.25) is 0 Å². The van der Waals surface area contributed by atoms with E-state index in [4.69, 9.17) is 0 Å². The molecule has 0 aliphatic carbocycles. The Labute approximate surface area is 344 Å². The second kappa shape index (κ2) is 14.2. The van der Waals surface area contributed by atoms with E-state index < -0.39 is 11.6 Å². The molecule has 0 aliphatic rings. The van der Waals surface area contributed by atoms with Gasteiger partial charge >= 0.3 is 0 Å². The summed E-state index contributed by atoms with van der Waals surface area (Å²) in [5.41, 5.74) is 11.8. The zero-order valence-corrected chi connectivity index (χ0v) is 32.5. The van der Waals surface area contributed by atoms with E-state index in [9.17, 15) is 4.39 Å². The number of hydrogen-bond donors (Lipinski definition) is 0. The van der Waals surface area contributed by atoms with Crippen molar-refractivity contribution in [3.63, 3.8) is 0 Å². The lowest BCUT2D eigenvalue weighted by Gasteiger charge is -2.26. The van der Waals surface area contributed by atoms with E-state index in [1.54, 1.807) is 0 Å². The maximum absolute atomic E-state index is 15.5. The Morgan fingerprint density at radius 2 is 0.966 bits per heavy atom. The number of hydrogen-bond acceptors (Lipinski definition) is 2. The first-order valence-corrected chi connectivity index (χ1v) is 20.4. The normalized spacial score (nSPS) is 11.6. The van der Waals surface area contributed by atoms with Crippen LogP contribution in [0.1, 0.15) is 0 Å². The largest absolute Gasteiger partial charge is 0.311 e. The summed E-state index contributed by atoms with van der Waals surface area (Å²) >= 11 is 1.85. The van der Waals surface area contributed by atoms with Gasteiger partial charge in [0.1, 0.15) is 5.82 Å². The lowest BCUT2D eigenvalue weighted by atomic mass is 10.0. The van der Waals surface area contributed by atoms with Gasteiger partial charge in [-0.1, -0.05) is 133 Å². The molecule has 0 fully saturated rings. The maximum atomic E-state index is 15.5. The van der Waals surface area contributed by atoms with Crippen molar-refractivity contribution in [2.24, 2.45) is 0 Å². The molecule has 2 heterocycles. The van der Waals surface area contributed by atoms with Gasteiger partial charge in [-0.15, -0.1) is 11.3 Å². The number of nitrogens with zero attached hydrogens (tertiary/aromatic N) is 2. The number of fused-ring (bicyclic) bond motifs is 6. The standard InChI is InChI=1S/C54H34F2N2S/c55-40-33-49-46-14-4-6-18-51(46)58(53(49)50(56)34-40)44-13-8-12-39(32-44)37-22-28-42(29-23-37)57(41-26-20-36(21-27-41)35-10-2-1-3-11-35)43-30-24-38(25-31-43)45-16-9-17-48-47-15-5-7-19-52(47)59-54(45)48/h1-34H. The van der Waals surface area contributed by atoms with Gasteiger partial charge in [0, 0.05) is 59.8 Å². The molecule has 0 bridgehead atoms. The van der Waals surface area contributed by atoms with E-state index in [0.717, 1.165) is 56.4 Å². The number of halogens is 2. The average molecular weight is 781 g/mol. The molecular formula is C54H34F2N2S. The van der Waals surface area contributed by atoms with E-state index in [1.807, 2.05) is 58.4 Å². The van der Waals surface area contributed by atoms with Crippen LogP contribution in [-0.4, -0.2) is 4.57 Å². The highest BCUT2D eigenvalue weighted by Gasteiger charge is 2.19. The molecule has 11 aromatic rings. The van der Waals surface area contributed by atoms with Crippen LogP contribution in [0.25, 0.3) is 81.0 Å². The zero-order valence-electron chi connectivity index (χ0n) is 31.7. The van der Waals surface area contributed by atoms with Crippen molar-refractivity contribution in [3.05, 3.63) is 218 Å². The van der Waals surface area contributed by atoms with Crippen LogP contribution in [0.5, 0.6) is 0 Å². The predicted molar refractivity (Wildman–Crippen MR) is 245 cm³/mol. The van der Waals surface area contributed by atoms with Crippen LogP contribution in [0, 0.1) is 11.6 Å². The highest BCUT2D eigenvalue weighted by atomic mass is 32.1. The quantitative estimate of drug-likeness (QED) is 0.156. The molecule has 0 saturated heterocycles. The van der Waals surface area contributed by atoms with Gasteiger partial charge in [-0.25, -0.2) is 8.78 Å². The monoisotopic (exact) mass is 780 g/mol. The molecule has 0 aliphatic heterocycles. The van der Waals surface area contributed by atoms with E-state index in [2.05, 4.69) is 157 Å². The van der Waals surface area contributed by atoms with Crippen molar-refractivity contribution in [1.82, 2.24) is 4.57 Å². The van der Waals surface area contributed by atoms with Gasteiger partial charge in [-0.2, -0.15) is 0 Å². The van der Waals surface area contributed by atoms with Crippen LogP contribution in [0.15, 0.2) is 206 Å². The smallest absolute Gasteiger partial charge is 0.150 e. The summed E-state index contributed by atoms with van der Waals surface area (Å²) in [6.45, 7) is 0. The first-order valence-electron chi connectivity index (χ1n) is 19.6. The Morgan fingerprint density at radius 1 is 0.407 bits per heavy atom. The van der Waals surface area contributed by atoms with Crippen molar-refractivity contribution in [2.75, 3.05) is 4.90 Å². The van der Waals surface area contributed by atoms with E-state index in [-0.39, 0.29) is 0 Å². The summed E-state index contributed by atoms with van der Waals surface area (Å²) in [5, 5.41) is 3.94. The van der Waals surface area contributed by atoms with E-state index in [0.29, 0.717) is 10.9 Å². The van der Waals surface area contributed by atoms with Gasteiger partial charge < -0.3 is 9.47 Å². The van der Waals surface area contributed by atoms with Gasteiger partial charge in [0.25, 0.3) is 0 Å². The van der Waals surface area contributed by atoms with Crippen LogP contribution < -0.4 is 4.90 Å². The van der Waals surface area contributed by atoms with Crippen molar-refractivity contribution < 1.29 is 8.78 Å². The van der Waals surface area contributed by atoms with E-state index >= 15 is 4.39 Å². The third-order valence-electron chi connectivity index (χ3n) is 11.3. The Balaban J connectivity index is 0.979. The molecule has 2 aromatic heterocycles. The maximum Gasteiger partial charge on any atom is 0.150 e. The number of para-hydroxylation sites is 1. The molecule has 0 N–H and O–H groups in total. The Bertz CT molecular complexity index is 3330. The molecule has 0 saturated carbocycles. The molecule has 0 unspecified atom stereocenters. The Morgan fingerprint density at radius 3 is 1.69 bits per heavy atom. The minimum absolute atomic E-state index is 0.362. The molecule has 11 rings (SSSR count). The summed E-state index contributed by atoms with van der Waals surface area (Å²) < 4.78 is 34.4. The average Bonchev–Trinajstić information content (AvgIpc) is 3.84. The predicted octanol–water partition coefficient (Wildman–Crippen LogP) is 15.9. The number of benzene rings is 9. The Hall–Kier alpha value is -7.34. The molecule has 9 aromatic carbocycles.